The molecule has 0 bridgehead atoms. The van der Waals surface area contributed by atoms with Crippen LogP contribution < -0.4 is 0 Å². The van der Waals surface area contributed by atoms with Crippen LogP contribution in [0, 0.1) is 11.8 Å². The minimum Gasteiger partial charge on any atom is -0.465 e. The van der Waals surface area contributed by atoms with Gasteiger partial charge >= 0.3 is 11.9 Å². The molecule has 1 aliphatic carbocycles. The molecular weight excluding hydrogens is 220 g/mol. The maximum Gasteiger partial charge on any atom is 0.329 e. The van der Waals surface area contributed by atoms with Gasteiger partial charge in [-0.15, -0.1) is 0 Å². The molecule has 0 N–H and O–H groups in total. The van der Waals surface area contributed by atoms with Gasteiger partial charge in [0.15, 0.2) is 5.92 Å². The topological polar surface area (TPSA) is 52.6 Å². The summed E-state index contributed by atoms with van der Waals surface area (Å²) in [5.41, 5.74) is 0. The molecule has 0 radical (unpaired) electrons. The van der Waals surface area contributed by atoms with Gasteiger partial charge in [-0.25, -0.2) is 0 Å². The van der Waals surface area contributed by atoms with Crippen molar-refractivity contribution in [1.29, 1.82) is 0 Å². The third-order valence-corrected chi connectivity index (χ3v) is 2.96. The summed E-state index contributed by atoms with van der Waals surface area (Å²) in [6.45, 7) is 1.99. The van der Waals surface area contributed by atoms with E-state index in [4.69, 9.17) is 9.47 Å². The number of cyclic esters (lactones) is 1. The Morgan fingerprint density at radius 1 is 1.59 bits per heavy atom. The molecule has 4 heteroatoms. The largest absolute Gasteiger partial charge is 0.465 e. The summed E-state index contributed by atoms with van der Waals surface area (Å²) in [5.74, 6) is -1.18. The molecule has 0 saturated carbocycles. The van der Waals surface area contributed by atoms with Gasteiger partial charge < -0.3 is 9.47 Å². The number of hydrogen-bond donors (Lipinski definition) is 0. The predicted octanol–water partition coefficient (Wildman–Crippen LogP) is 1.96. The molecule has 2 unspecified atom stereocenters. The van der Waals surface area contributed by atoms with E-state index in [2.05, 4.69) is 6.08 Å². The molecule has 0 amide bonds. The summed E-state index contributed by atoms with van der Waals surface area (Å²) in [4.78, 5) is 23.0. The first-order chi connectivity index (χ1) is 8.22. The Labute approximate surface area is 100 Å². The van der Waals surface area contributed by atoms with Gasteiger partial charge in [0, 0.05) is 5.92 Å². The monoisotopic (exact) mass is 236 g/mol. The fourth-order valence-electron chi connectivity index (χ4n) is 2.09. The van der Waals surface area contributed by atoms with Crippen LogP contribution in [-0.4, -0.2) is 18.5 Å². The van der Waals surface area contributed by atoms with E-state index in [1.807, 2.05) is 6.08 Å². The van der Waals surface area contributed by atoms with Crippen LogP contribution in [0.5, 0.6) is 0 Å². The van der Waals surface area contributed by atoms with E-state index >= 15 is 0 Å². The van der Waals surface area contributed by atoms with Gasteiger partial charge in [0.05, 0.1) is 6.61 Å². The summed E-state index contributed by atoms with van der Waals surface area (Å²) in [5, 5.41) is 0. The summed E-state index contributed by atoms with van der Waals surface area (Å²) in [6.07, 6.45) is 8.83. The zero-order chi connectivity index (χ0) is 12.3. The molecule has 0 aromatic carbocycles. The Balaban J connectivity index is 2.08. The van der Waals surface area contributed by atoms with Crippen LogP contribution in [-0.2, 0) is 19.1 Å². The average Bonchev–Trinajstić information content (AvgIpc) is 2.73. The summed E-state index contributed by atoms with van der Waals surface area (Å²) >= 11 is 0. The van der Waals surface area contributed by atoms with E-state index in [0.717, 1.165) is 19.3 Å². The van der Waals surface area contributed by atoms with Gasteiger partial charge in [0.2, 0.25) is 0 Å². The van der Waals surface area contributed by atoms with Crippen molar-refractivity contribution in [2.45, 2.75) is 26.2 Å². The van der Waals surface area contributed by atoms with Crippen LogP contribution in [0.2, 0.25) is 0 Å². The highest BCUT2D eigenvalue weighted by Gasteiger charge is 2.36. The van der Waals surface area contributed by atoms with Crippen LogP contribution in [0.4, 0.5) is 0 Å². The Bertz CT molecular complexity index is 381. The molecule has 4 nitrogen and oxygen atoms in total. The Morgan fingerprint density at radius 3 is 3.06 bits per heavy atom. The Kier molecular flexibility index (Phi) is 3.61. The van der Waals surface area contributed by atoms with Crippen molar-refractivity contribution in [3.63, 3.8) is 0 Å². The van der Waals surface area contributed by atoms with Crippen molar-refractivity contribution in [2.75, 3.05) is 6.61 Å². The maximum atomic E-state index is 11.5. The quantitative estimate of drug-likeness (QED) is 0.427. The Morgan fingerprint density at radius 2 is 2.41 bits per heavy atom. The molecule has 1 heterocycles. The fraction of sp³-hybridized carbons (Fsp3) is 0.538. The van der Waals surface area contributed by atoms with Gasteiger partial charge in [-0.2, -0.15) is 0 Å². The third-order valence-electron chi connectivity index (χ3n) is 2.96. The van der Waals surface area contributed by atoms with E-state index in [-0.39, 0.29) is 12.5 Å². The first-order valence-electron chi connectivity index (χ1n) is 5.99. The van der Waals surface area contributed by atoms with Crippen LogP contribution in [0.1, 0.15) is 26.2 Å². The SMILES string of the molecule is CCOC(=O)C1C=C(C2C=CCCC2)OC1=O. The van der Waals surface area contributed by atoms with Crippen molar-refractivity contribution in [2.24, 2.45) is 11.8 Å². The molecule has 2 aliphatic rings. The first kappa shape index (κ1) is 11.9. The molecule has 0 aromatic rings. The number of ether oxygens (including phenoxy) is 2. The van der Waals surface area contributed by atoms with Gasteiger partial charge in [0.25, 0.3) is 0 Å². The lowest BCUT2D eigenvalue weighted by Gasteiger charge is -2.15. The van der Waals surface area contributed by atoms with Gasteiger partial charge in [-0.3, -0.25) is 9.59 Å². The van der Waals surface area contributed by atoms with Crippen molar-refractivity contribution in [3.8, 4) is 0 Å². The van der Waals surface area contributed by atoms with E-state index in [1.54, 1.807) is 13.0 Å². The molecule has 92 valence electrons. The third kappa shape index (κ3) is 2.57. The first-order valence-corrected chi connectivity index (χ1v) is 5.99. The number of hydrogen-bond acceptors (Lipinski definition) is 4. The standard InChI is InChI=1S/C13H16O4/c1-2-16-12(14)10-8-11(17-13(10)15)9-6-4-3-5-7-9/h4,6,8-10H,2-3,5,7H2,1H3. The van der Waals surface area contributed by atoms with Gasteiger partial charge in [0.1, 0.15) is 5.76 Å². The molecule has 17 heavy (non-hydrogen) atoms. The van der Waals surface area contributed by atoms with E-state index in [0.29, 0.717) is 5.76 Å². The molecule has 1 aliphatic heterocycles. The molecule has 0 aromatic heterocycles. The second-order valence-electron chi connectivity index (χ2n) is 4.19. The molecule has 0 saturated heterocycles. The van der Waals surface area contributed by atoms with Crippen LogP contribution in [0.3, 0.4) is 0 Å². The van der Waals surface area contributed by atoms with Crippen molar-refractivity contribution < 1.29 is 19.1 Å². The van der Waals surface area contributed by atoms with Gasteiger partial charge in [-0.1, -0.05) is 12.2 Å². The van der Waals surface area contributed by atoms with Crippen molar-refractivity contribution in [3.05, 3.63) is 24.0 Å². The number of carbonyl (C=O) groups is 2. The van der Waals surface area contributed by atoms with E-state index in [9.17, 15) is 9.59 Å². The predicted molar refractivity (Wildman–Crippen MR) is 60.8 cm³/mol. The minimum absolute atomic E-state index is 0.132. The summed E-state index contributed by atoms with van der Waals surface area (Å²) in [6, 6.07) is 0. The molecule has 0 spiro atoms. The molecular formula is C13H16O4. The number of rotatable bonds is 3. The Hall–Kier alpha value is -1.58. The second-order valence-corrected chi connectivity index (χ2v) is 4.19. The zero-order valence-electron chi connectivity index (χ0n) is 9.85. The van der Waals surface area contributed by atoms with Crippen LogP contribution in [0.15, 0.2) is 24.0 Å². The summed E-state index contributed by atoms with van der Waals surface area (Å²) < 4.78 is 9.98. The number of carbonyl (C=O) groups excluding carboxylic acids is 2. The zero-order valence-corrected chi connectivity index (χ0v) is 9.85. The lowest BCUT2D eigenvalue weighted by atomic mass is 9.93. The van der Waals surface area contributed by atoms with Crippen molar-refractivity contribution in [1.82, 2.24) is 0 Å². The average molecular weight is 236 g/mol. The van der Waals surface area contributed by atoms with Crippen LogP contribution in [0.25, 0.3) is 0 Å². The number of allylic oxidation sites excluding steroid dienone is 2. The molecule has 2 atom stereocenters. The minimum atomic E-state index is -0.875. The highest BCUT2D eigenvalue weighted by atomic mass is 16.6. The number of esters is 2. The molecule has 0 fully saturated rings. The fourth-order valence-corrected chi connectivity index (χ4v) is 2.09. The van der Waals surface area contributed by atoms with E-state index in [1.165, 1.54) is 0 Å². The summed E-state index contributed by atoms with van der Waals surface area (Å²) in [7, 11) is 0. The lowest BCUT2D eigenvalue weighted by molar-refractivity contribution is -0.154. The smallest absolute Gasteiger partial charge is 0.329 e. The van der Waals surface area contributed by atoms with Gasteiger partial charge in [-0.05, 0) is 32.3 Å². The lowest BCUT2D eigenvalue weighted by Crippen LogP contribution is -2.21. The van der Waals surface area contributed by atoms with Crippen LogP contribution >= 0.6 is 0 Å². The second kappa shape index (κ2) is 5.17. The highest BCUT2D eigenvalue weighted by Crippen LogP contribution is 2.31. The highest BCUT2D eigenvalue weighted by molar-refractivity contribution is 5.99. The molecule has 2 rings (SSSR count). The van der Waals surface area contributed by atoms with E-state index < -0.39 is 17.9 Å². The maximum absolute atomic E-state index is 11.5. The normalized spacial score (nSPS) is 27.6. The van der Waals surface area contributed by atoms with Crippen molar-refractivity contribution >= 4 is 11.9 Å².